The number of aliphatic hydroxyl groups is 2. The molecule has 0 bridgehead atoms. The molecule has 2 nitrogen and oxygen atoms in total. The smallest absolute Gasteiger partial charge is 0.0563 e. The molecule has 190 valence electrons. The molecule has 9 atom stereocenters. The van der Waals surface area contributed by atoms with Gasteiger partial charge in [0.25, 0.3) is 0 Å². The molecule has 0 aliphatic heterocycles. The maximum Gasteiger partial charge on any atom is 0.0563 e. The fraction of sp³-hybridized carbons (Fsp3) is 1.00. The summed E-state index contributed by atoms with van der Waals surface area (Å²) in [7, 11) is 0. The van der Waals surface area contributed by atoms with E-state index in [0.29, 0.717) is 16.7 Å². The highest BCUT2D eigenvalue weighted by molar-refractivity contribution is 5.09. The van der Waals surface area contributed by atoms with E-state index in [1.54, 1.807) is 0 Å². The summed E-state index contributed by atoms with van der Waals surface area (Å²) in [6.07, 6.45) is 15.3. The molecule has 0 heterocycles. The van der Waals surface area contributed by atoms with E-state index in [4.69, 9.17) is 0 Å². The summed E-state index contributed by atoms with van der Waals surface area (Å²) in [6.45, 7) is 17.5. The van der Waals surface area contributed by atoms with Crippen molar-refractivity contribution in [1.82, 2.24) is 0 Å². The molecular weight excluding hydrogens is 392 g/mol. The zero-order chi connectivity index (χ0) is 24.1. The Balaban J connectivity index is 0.000000860. The van der Waals surface area contributed by atoms with E-state index in [1.807, 2.05) is 27.7 Å². The van der Waals surface area contributed by atoms with Gasteiger partial charge in [0, 0.05) is 0 Å². The Labute approximate surface area is 201 Å². The van der Waals surface area contributed by atoms with Crippen molar-refractivity contribution in [2.45, 2.75) is 145 Å². The molecule has 4 aliphatic carbocycles. The lowest BCUT2D eigenvalue weighted by atomic mass is 9.44. The minimum atomic E-state index is -0.113. The van der Waals surface area contributed by atoms with Gasteiger partial charge in [0.05, 0.1) is 12.2 Å². The number of fused-ring (bicyclic) bond motifs is 5. The molecule has 4 aliphatic rings. The lowest BCUT2D eigenvalue weighted by molar-refractivity contribution is -0.127. The average Bonchev–Trinajstić information content (AvgIpc) is 3.13. The van der Waals surface area contributed by atoms with Crippen LogP contribution in [0.3, 0.4) is 0 Å². The molecule has 4 rings (SSSR count). The third-order valence-electron chi connectivity index (χ3n) is 10.7. The average molecular weight is 451 g/mol. The second-order valence-corrected chi connectivity index (χ2v) is 12.1. The summed E-state index contributed by atoms with van der Waals surface area (Å²) >= 11 is 0. The Kier molecular flexibility index (Phi) is 10.6. The molecule has 0 aromatic heterocycles. The minimum Gasteiger partial charge on any atom is -0.393 e. The van der Waals surface area contributed by atoms with E-state index in [0.717, 1.165) is 48.9 Å². The Morgan fingerprint density at radius 2 is 1.44 bits per heavy atom. The topological polar surface area (TPSA) is 40.5 Å². The van der Waals surface area contributed by atoms with E-state index < -0.39 is 0 Å². The van der Waals surface area contributed by atoms with Crippen LogP contribution >= 0.6 is 0 Å². The summed E-state index contributed by atoms with van der Waals surface area (Å²) in [5, 5.41) is 20.4. The van der Waals surface area contributed by atoms with Gasteiger partial charge in [-0.1, -0.05) is 61.8 Å². The van der Waals surface area contributed by atoms with Gasteiger partial charge in [-0.3, -0.25) is 0 Å². The second kappa shape index (κ2) is 12.1. The molecule has 4 saturated carbocycles. The Morgan fingerprint density at radius 3 is 2.09 bits per heavy atom. The van der Waals surface area contributed by atoms with Crippen molar-refractivity contribution < 1.29 is 10.2 Å². The normalized spacial score (nSPS) is 43.6. The third kappa shape index (κ3) is 5.42. The highest BCUT2D eigenvalue weighted by Gasteiger charge is 2.59. The van der Waals surface area contributed by atoms with Crippen LogP contribution in [0.15, 0.2) is 0 Å². The quantitative estimate of drug-likeness (QED) is 0.442. The van der Waals surface area contributed by atoms with Gasteiger partial charge >= 0.3 is 0 Å². The van der Waals surface area contributed by atoms with Crippen molar-refractivity contribution in [2.75, 3.05) is 0 Å². The zero-order valence-corrected chi connectivity index (χ0v) is 23.0. The summed E-state index contributed by atoms with van der Waals surface area (Å²) in [5.74, 6) is 4.86. The van der Waals surface area contributed by atoms with Crippen molar-refractivity contribution in [3.8, 4) is 0 Å². The molecule has 2 heteroatoms. The van der Waals surface area contributed by atoms with Crippen molar-refractivity contribution in [3.63, 3.8) is 0 Å². The van der Waals surface area contributed by atoms with E-state index >= 15 is 0 Å². The molecule has 0 amide bonds. The van der Waals surface area contributed by atoms with Gasteiger partial charge in [-0.15, -0.1) is 0 Å². The minimum absolute atomic E-state index is 0.0273. The summed E-state index contributed by atoms with van der Waals surface area (Å²) in [5.41, 5.74) is 1.06. The van der Waals surface area contributed by atoms with Gasteiger partial charge < -0.3 is 10.2 Å². The highest BCUT2D eigenvalue weighted by atomic mass is 16.3. The lowest BCUT2D eigenvalue weighted by Crippen LogP contribution is -2.53. The first-order chi connectivity index (χ1) is 15.3. The molecule has 0 aromatic rings. The van der Waals surface area contributed by atoms with Gasteiger partial charge in [-0.2, -0.15) is 0 Å². The van der Waals surface area contributed by atoms with Gasteiger partial charge in [-0.05, 0) is 117 Å². The first-order valence-corrected chi connectivity index (χ1v) is 14.6. The molecule has 4 fully saturated rings. The van der Waals surface area contributed by atoms with Crippen LogP contribution in [0.25, 0.3) is 0 Å². The maximum atomic E-state index is 10.2. The number of rotatable bonds is 5. The van der Waals surface area contributed by atoms with Crippen LogP contribution in [0, 0.1) is 46.3 Å². The number of hydrogen-bond donors (Lipinski definition) is 2. The van der Waals surface area contributed by atoms with Crippen molar-refractivity contribution in [2.24, 2.45) is 46.3 Å². The van der Waals surface area contributed by atoms with Crippen LogP contribution in [0.4, 0.5) is 0 Å². The Bertz CT molecular complexity index is 545. The van der Waals surface area contributed by atoms with Gasteiger partial charge in [0.15, 0.2) is 0 Å². The second-order valence-electron chi connectivity index (χ2n) is 12.1. The fourth-order valence-corrected chi connectivity index (χ4v) is 8.73. The van der Waals surface area contributed by atoms with Crippen LogP contribution in [-0.2, 0) is 0 Å². The van der Waals surface area contributed by atoms with E-state index in [2.05, 4.69) is 27.7 Å². The first-order valence-electron chi connectivity index (χ1n) is 14.6. The molecule has 0 radical (unpaired) electrons. The third-order valence-corrected chi connectivity index (χ3v) is 10.7. The first kappa shape index (κ1) is 28.2. The van der Waals surface area contributed by atoms with Crippen molar-refractivity contribution in [3.05, 3.63) is 0 Å². The lowest BCUT2D eigenvalue weighted by Gasteiger charge is -2.61. The Morgan fingerprint density at radius 1 is 0.812 bits per heavy atom. The van der Waals surface area contributed by atoms with Gasteiger partial charge in [0.2, 0.25) is 0 Å². The molecule has 2 N–H and O–H groups in total. The largest absolute Gasteiger partial charge is 0.393 e. The van der Waals surface area contributed by atoms with Crippen LogP contribution < -0.4 is 0 Å². The summed E-state index contributed by atoms with van der Waals surface area (Å²) in [4.78, 5) is 0. The van der Waals surface area contributed by atoms with Crippen molar-refractivity contribution in [1.29, 1.82) is 0 Å². The Hall–Kier alpha value is -0.0800. The number of hydrogen-bond acceptors (Lipinski definition) is 2. The highest BCUT2D eigenvalue weighted by Crippen LogP contribution is 2.67. The SMILES string of the molecule is CC.CC.CC(C)C(O)CCCC1CCC2C3CCC4CC(O)CCC4(C)C3CCC12C. The van der Waals surface area contributed by atoms with E-state index in [-0.39, 0.29) is 12.2 Å². The summed E-state index contributed by atoms with van der Waals surface area (Å²) in [6, 6.07) is 0. The molecule has 0 saturated heterocycles. The monoisotopic (exact) mass is 450 g/mol. The van der Waals surface area contributed by atoms with Crippen LogP contribution in [0.2, 0.25) is 0 Å². The molecular formula is C30H58O2. The predicted molar refractivity (Wildman–Crippen MR) is 139 cm³/mol. The standard InChI is InChI=1S/C26H46O2.2C2H6/c1-17(2)24(28)7-5-6-18-9-11-22-21-10-8-19-16-20(27)12-14-26(19,4)23(21)13-15-25(18,22)3;2*1-2/h17-24,27-28H,5-16H2,1-4H3;2*1-2H3. The maximum absolute atomic E-state index is 10.2. The van der Waals surface area contributed by atoms with Crippen LogP contribution in [-0.4, -0.2) is 22.4 Å². The van der Waals surface area contributed by atoms with E-state index in [1.165, 1.54) is 57.8 Å². The van der Waals surface area contributed by atoms with Gasteiger partial charge in [-0.25, -0.2) is 0 Å². The number of aliphatic hydroxyl groups excluding tert-OH is 2. The van der Waals surface area contributed by atoms with Crippen LogP contribution in [0.5, 0.6) is 0 Å². The molecule has 0 aromatic carbocycles. The molecule has 32 heavy (non-hydrogen) atoms. The predicted octanol–water partition coefficient (Wildman–Crippen LogP) is 8.25. The van der Waals surface area contributed by atoms with E-state index in [9.17, 15) is 10.2 Å². The zero-order valence-electron chi connectivity index (χ0n) is 23.0. The van der Waals surface area contributed by atoms with Gasteiger partial charge in [0.1, 0.15) is 0 Å². The van der Waals surface area contributed by atoms with Crippen LogP contribution in [0.1, 0.15) is 132 Å². The van der Waals surface area contributed by atoms with Crippen molar-refractivity contribution >= 4 is 0 Å². The summed E-state index contributed by atoms with van der Waals surface area (Å²) < 4.78 is 0. The fourth-order valence-electron chi connectivity index (χ4n) is 8.73. The molecule has 0 spiro atoms. The molecule has 9 unspecified atom stereocenters.